The summed E-state index contributed by atoms with van der Waals surface area (Å²) in [4.78, 5) is 16.6. The molecule has 1 fully saturated rings. The van der Waals surface area contributed by atoms with Gasteiger partial charge < -0.3 is 9.84 Å². The van der Waals surface area contributed by atoms with Crippen LogP contribution in [0.1, 0.15) is 44.9 Å². The maximum absolute atomic E-state index is 12.8. The van der Waals surface area contributed by atoms with Crippen molar-refractivity contribution in [3.05, 3.63) is 63.0 Å². The molecule has 6 heteroatoms. The molecule has 0 atom stereocenters. The number of carbonyl (C=O) groups is 1. The van der Waals surface area contributed by atoms with Gasteiger partial charge in [0.1, 0.15) is 0 Å². The molecule has 0 unspecified atom stereocenters. The minimum absolute atomic E-state index is 0.0965. The number of nitrogens with zero attached hydrogens (tertiary/aromatic N) is 2. The Morgan fingerprint density at radius 2 is 2.00 bits per heavy atom. The zero-order chi connectivity index (χ0) is 20.5. The second-order valence-corrected chi connectivity index (χ2v) is 9.51. The Labute approximate surface area is 181 Å². The number of carbonyl (C=O) groups excluding carboxylic acids is 1. The van der Waals surface area contributed by atoms with E-state index in [0.717, 1.165) is 62.2 Å². The van der Waals surface area contributed by atoms with Crippen molar-refractivity contribution in [3.8, 4) is 11.3 Å². The van der Waals surface area contributed by atoms with E-state index >= 15 is 0 Å². The van der Waals surface area contributed by atoms with Crippen molar-refractivity contribution in [1.82, 2.24) is 15.4 Å². The van der Waals surface area contributed by atoms with E-state index in [4.69, 9.17) is 4.52 Å². The number of piperidine rings is 1. The van der Waals surface area contributed by atoms with Gasteiger partial charge in [-0.15, -0.1) is 11.3 Å². The van der Waals surface area contributed by atoms with Crippen LogP contribution in [-0.2, 0) is 19.4 Å². The lowest BCUT2D eigenvalue weighted by molar-refractivity contribution is 0.0925. The van der Waals surface area contributed by atoms with Gasteiger partial charge in [0.05, 0.1) is 0 Å². The van der Waals surface area contributed by atoms with Crippen molar-refractivity contribution in [2.45, 2.75) is 39.2 Å². The van der Waals surface area contributed by atoms with Crippen LogP contribution in [0, 0.1) is 12.8 Å². The number of rotatable bonds is 5. The molecule has 5 nitrogen and oxygen atoms in total. The highest BCUT2D eigenvalue weighted by Gasteiger charge is 2.28. The Balaban J connectivity index is 1.13. The Morgan fingerprint density at radius 3 is 2.80 bits per heavy atom. The third-order valence-corrected chi connectivity index (χ3v) is 7.36. The van der Waals surface area contributed by atoms with Crippen LogP contribution in [0.25, 0.3) is 11.3 Å². The number of thiophene rings is 1. The van der Waals surface area contributed by atoms with Gasteiger partial charge in [0.25, 0.3) is 5.91 Å². The Morgan fingerprint density at radius 1 is 1.20 bits per heavy atom. The van der Waals surface area contributed by atoms with Gasteiger partial charge in [-0.25, -0.2) is 0 Å². The Kier molecular flexibility index (Phi) is 5.44. The molecule has 5 rings (SSSR count). The van der Waals surface area contributed by atoms with Gasteiger partial charge in [0, 0.05) is 29.1 Å². The van der Waals surface area contributed by atoms with E-state index in [0.29, 0.717) is 18.2 Å². The van der Waals surface area contributed by atoms with Gasteiger partial charge in [0.2, 0.25) is 0 Å². The van der Waals surface area contributed by atoms with Crippen molar-refractivity contribution >= 4 is 17.2 Å². The quantitative estimate of drug-likeness (QED) is 0.661. The third-order valence-electron chi connectivity index (χ3n) is 6.38. The van der Waals surface area contributed by atoms with E-state index in [1.54, 1.807) is 11.3 Å². The molecule has 1 aliphatic carbocycles. The summed E-state index contributed by atoms with van der Waals surface area (Å²) in [7, 11) is 0. The molecule has 1 aliphatic heterocycles. The molecular formula is C24H27N3O2S. The summed E-state index contributed by atoms with van der Waals surface area (Å²) in [6.45, 7) is 6.00. The summed E-state index contributed by atoms with van der Waals surface area (Å²) in [6, 6.07) is 10.9. The van der Waals surface area contributed by atoms with Gasteiger partial charge in [0.15, 0.2) is 11.5 Å². The third kappa shape index (κ3) is 3.94. The van der Waals surface area contributed by atoms with Crippen molar-refractivity contribution in [1.29, 1.82) is 0 Å². The SMILES string of the molecule is Cc1ccc(CN2CCC(CNC(=O)c3noc4c3CCc3sccc3-4)CC2)cc1. The lowest BCUT2D eigenvalue weighted by atomic mass is 9.94. The average Bonchev–Trinajstić information content (AvgIpc) is 3.41. The fourth-order valence-corrected chi connectivity index (χ4v) is 5.40. The molecule has 3 heterocycles. The van der Waals surface area contributed by atoms with E-state index in [9.17, 15) is 4.79 Å². The second-order valence-electron chi connectivity index (χ2n) is 8.51. The van der Waals surface area contributed by atoms with E-state index in [-0.39, 0.29) is 5.91 Å². The molecule has 0 radical (unpaired) electrons. The van der Waals surface area contributed by atoms with Crippen LogP contribution >= 0.6 is 11.3 Å². The van der Waals surface area contributed by atoms with E-state index in [1.165, 1.54) is 16.0 Å². The minimum atomic E-state index is -0.0965. The molecule has 2 aliphatic rings. The van der Waals surface area contributed by atoms with Crippen LogP contribution in [0.3, 0.4) is 0 Å². The summed E-state index contributed by atoms with van der Waals surface area (Å²) in [6.07, 6.45) is 4.01. The van der Waals surface area contributed by atoms with Crippen LogP contribution in [0.15, 0.2) is 40.2 Å². The summed E-state index contributed by atoms with van der Waals surface area (Å²) >= 11 is 1.74. The molecule has 0 saturated carbocycles. The van der Waals surface area contributed by atoms with Crippen molar-refractivity contribution in [2.75, 3.05) is 19.6 Å². The first-order valence-electron chi connectivity index (χ1n) is 10.8. The number of amides is 1. The molecule has 0 spiro atoms. The van der Waals surface area contributed by atoms with E-state index in [2.05, 4.69) is 58.0 Å². The summed E-state index contributed by atoms with van der Waals surface area (Å²) < 4.78 is 5.55. The number of fused-ring (bicyclic) bond motifs is 3. The van der Waals surface area contributed by atoms with Crippen LogP contribution in [0.4, 0.5) is 0 Å². The van der Waals surface area contributed by atoms with Crippen molar-refractivity contribution < 1.29 is 9.32 Å². The Bertz CT molecular complexity index is 1030. The average molecular weight is 422 g/mol. The maximum atomic E-state index is 12.8. The highest BCUT2D eigenvalue weighted by Crippen LogP contribution is 2.38. The van der Waals surface area contributed by atoms with Crippen LogP contribution in [0.5, 0.6) is 0 Å². The first-order chi connectivity index (χ1) is 14.7. The zero-order valence-corrected chi connectivity index (χ0v) is 18.1. The van der Waals surface area contributed by atoms with Crippen molar-refractivity contribution in [2.24, 2.45) is 5.92 Å². The molecule has 156 valence electrons. The number of nitrogens with one attached hydrogen (secondary N) is 1. The van der Waals surface area contributed by atoms with Gasteiger partial charge in [-0.1, -0.05) is 35.0 Å². The molecule has 1 N–H and O–H groups in total. The maximum Gasteiger partial charge on any atom is 0.273 e. The van der Waals surface area contributed by atoms with E-state index < -0.39 is 0 Å². The predicted octanol–water partition coefficient (Wildman–Crippen LogP) is 4.45. The number of aromatic nitrogens is 1. The number of hydrogen-bond acceptors (Lipinski definition) is 5. The highest BCUT2D eigenvalue weighted by molar-refractivity contribution is 7.10. The van der Waals surface area contributed by atoms with Gasteiger partial charge in [-0.2, -0.15) is 0 Å². The van der Waals surface area contributed by atoms with Crippen LogP contribution < -0.4 is 5.32 Å². The molecule has 30 heavy (non-hydrogen) atoms. The summed E-state index contributed by atoms with van der Waals surface area (Å²) in [5.74, 6) is 1.21. The summed E-state index contributed by atoms with van der Waals surface area (Å²) in [5.41, 5.74) is 5.22. The van der Waals surface area contributed by atoms with E-state index in [1.807, 2.05) is 0 Å². The fourth-order valence-electron chi connectivity index (χ4n) is 4.53. The first-order valence-corrected chi connectivity index (χ1v) is 11.7. The minimum Gasteiger partial charge on any atom is -0.355 e. The monoisotopic (exact) mass is 421 g/mol. The fraction of sp³-hybridized carbons (Fsp3) is 0.417. The molecule has 1 amide bonds. The molecular weight excluding hydrogens is 394 g/mol. The zero-order valence-electron chi connectivity index (χ0n) is 17.3. The van der Waals surface area contributed by atoms with Gasteiger partial charge in [-0.3, -0.25) is 9.69 Å². The van der Waals surface area contributed by atoms with Gasteiger partial charge in [-0.05, 0) is 68.6 Å². The van der Waals surface area contributed by atoms with Gasteiger partial charge >= 0.3 is 0 Å². The van der Waals surface area contributed by atoms with Crippen LogP contribution in [0.2, 0.25) is 0 Å². The summed E-state index contributed by atoms with van der Waals surface area (Å²) in [5, 5.41) is 9.31. The molecule has 1 saturated heterocycles. The molecule has 0 bridgehead atoms. The first kappa shape index (κ1) is 19.5. The number of hydrogen-bond donors (Lipinski definition) is 1. The van der Waals surface area contributed by atoms with Crippen molar-refractivity contribution in [3.63, 3.8) is 0 Å². The smallest absolute Gasteiger partial charge is 0.273 e. The lowest BCUT2D eigenvalue weighted by Crippen LogP contribution is -2.38. The topological polar surface area (TPSA) is 58.4 Å². The highest BCUT2D eigenvalue weighted by atomic mass is 32.1. The number of aryl methyl sites for hydroxylation is 2. The second kappa shape index (κ2) is 8.36. The normalized spacial score (nSPS) is 16.8. The molecule has 1 aromatic carbocycles. The molecule has 3 aromatic rings. The Hall–Kier alpha value is -2.44. The largest absolute Gasteiger partial charge is 0.355 e. The number of benzene rings is 1. The van der Waals surface area contributed by atoms with Crippen LogP contribution in [-0.4, -0.2) is 35.6 Å². The lowest BCUT2D eigenvalue weighted by Gasteiger charge is -2.32. The standard InChI is InChI=1S/C24H27N3O2S/c1-16-2-4-18(5-3-16)15-27-11-8-17(9-12-27)14-25-24(28)22-20-6-7-21-19(10-13-30-21)23(20)29-26-22/h2-5,10,13,17H,6-9,11-12,14-15H2,1H3,(H,25,28). The molecule has 2 aromatic heterocycles. The number of likely N-dealkylation sites (tertiary alicyclic amines) is 1. The predicted molar refractivity (Wildman–Crippen MR) is 119 cm³/mol.